The molecule has 12 heteroatoms. The third kappa shape index (κ3) is 5.39. The molecule has 1 aromatic heterocycles. The summed E-state index contributed by atoms with van der Waals surface area (Å²) in [5, 5.41) is -1.11. The molecule has 158 valence electrons. The van der Waals surface area contributed by atoms with E-state index in [4.69, 9.17) is 4.84 Å². The molecule has 2 aromatic rings. The van der Waals surface area contributed by atoms with E-state index in [2.05, 4.69) is 4.98 Å². The van der Waals surface area contributed by atoms with Crippen molar-refractivity contribution in [2.45, 2.75) is 28.9 Å². The van der Waals surface area contributed by atoms with Crippen LogP contribution in [-0.4, -0.2) is 40.8 Å². The van der Waals surface area contributed by atoms with E-state index in [1.54, 1.807) is 24.4 Å². The monoisotopic (exact) mass is 468 g/mol. The van der Waals surface area contributed by atoms with E-state index < -0.39 is 33.2 Å². The minimum absolute atomic E-state index is 0.00165. The fraction of sp³-hybridized carbons (Fsp3) is 0.222. The molecular weight excluding hydrogens is 452 g/mol. The smallest absolute Gasteiger partial charge is 0.328 e. The summed E-state index contributed by atoms with van der Waals surface area (Å²) in [5.74, 6) is -2.65. The lowest BCUT2D eigenvalue weighted by Crippen LogP contribution is -2.36. The Kier molecular flexibility index (Phi) is 7.13. The maximum Gasteiger partial charge on any atom is 0.358 e. The highest BCUT2D eigenvalue weighted by Crippen LogP contribution is 2.35. The molecule has 30 heavy (non-hydrogen) atoms. The number of hydrogen-bond acceptors (Lipinski definition) is 9. The molecule has 0 radical (unpaired) electrons. The number of carbonyl (C=O) groups excluding carboxylic acids is 3. The molecule has 2 heterocycles. The Labute approximate surface area is 180 Å². The number of amides is 2. The van der Waals surface area contributed by atoms with Gasteiger partial charge in [0.25, 0.3) is 21.9 Å². The van der Waals surface area contributed by atoms with Crippen LogP contribution in [0.15, 0.2) is 53.7 Å². The number of pyridine rings is 1. The molecule has 0 bridgehead atoms. The lowest BCUT2D eigenvalue weighted by molar-refractivity contribution is -0.197. The third-order valence-corrected chi connectivity index (χ3v) is 7.25. The Balaban J connectivity index is 1.81. The van der Waals surface area contributed by atoms with Crippen molar-refractivity contribution in [3.8, 4) is 0 Å². The highest BCUT2D eigenvalue weighted by Gasteiger charge is 2.41. The summed E-state index contributed by atoms with van der Waals surface area (Å²) in [7, 11) is -2.23. The van der Waals surface area contributed by atoms with Gasteiger partial charge in [0, 0.05) is 24.8 Å². The lowest BCUT2D eigenvalue weighted by atomic mass is 10.1. The first kappa shape index (κ1) is 22.3. The predicted molar refractivity (Wildman–Crippen MR) is 109 cm³/mol. The van der Waals surface area contributed by atoms with Crippen molar-refractivity contribution in [1.82, 2.24) is 10.0 Å². The van der Waals surface area contributed by atoms with E-state index in [0.29, 0.717) is 5.56 Å². The van der Waals surface area contributed by atoms with E-state index in [1.807, 2.05) is 12.1 Å². The van der Waals surface area contributed by atoms with Gasteiger partial charge in [-0.25, -0.2) is 9.78 Å². The van der Waals surface area contributed by atoms with Gasteiger partial charge in [0.05, 0.1) is 0 Å². The number of carbonyl (C=O) groups is 3. The van der Waals surface area contributed by atoms with E-state index in [9.17, 15) is 27.4 Å². The maximum absolute atomic E-state index is 12.6. The van der Waals surface area contributed by atoms with Crippen molar-refractivity contribution < 1.29 is 32.2 Å². The van der Waals surface area contributed by atoms with Crippen molar-refractivity contribution >= 4 is 49.5 Å². The molecular formula is C18H16N2O7S3. The number of aromatic nitrogens is 1. The molecule has 1 aliphatic heterocycles. The summed E-state index contributed by atoms with van der Waals surface area (Å²) in [6.45, 7) is 0. The molecule has 1 aromatic carbocycles. The highest BCUT2D eigenvalue weighted by molar-refractivity contribution is 8.76. The quantitative estimate of drug-likeness (QED) is 0.350. The second-order valence-electron chi connectivity index (χ2n) is 6.10. The number of hydroxylamine groups is 2. The number of imide groups is 1. The second-order valence-corrected chi connectivity index (χ2v) is 9.92. The van der Waals surface area contributed by atoms with Crippen LogP contribution in [0.25, 0.3) is 0 Å². The van der Waals surface area contributed by atoms with E-state index >= 15 is 0 Å². The SMILES string of the molecule is O=C(ON1C(=O)CCC1=O)C(c1ccccc1CSSc1ccccn1)S(=O)(=O)O. The molecule has 1 aliphatic rings. The van der Waals surface area contributed by atoms with Gasteiger partial charge in [0.1, 0.15) is 5.03 Å². The Morgan fingerprint density at radius 2 is 1.80 bits per heavy atom. The molecule has 1 N–H and O–H groups in total. The van der Waals surface area contributed by atoms with Crippen LogP contribution in [-0.2, 0) is 35.1 Å². The van der Waals surface area contributed by atoms with Crippen molar-refractivity contribution in [3.63, 3.8) is 0 Å². The van der Waals surface area contributed by atoms with Crippen LogP contribution in [0.3, 0.4) is 0 Å². The van der Waals surface area contributed by atoms with Crippen molar-refractivity contribution in [2.24, 2.45) is 0 Å². The Morgan fingerprint density at radius 1 is 1.13 bits per heavy atom. The minimum atomic E-state index is -4.95. The summed E-state index contributed by atoms with van der Waals surface area (Å²) in [6.07, 6.45) is 1.36. The summed E-state index contributed by atoms with van der Waals surface area (Å²) in [5.41, 5.74) is 0.461. The van der Waals surface area contributed by atoms with Gasteiger partial charge in [-0.05, 0) is 34.1 Å². The van der Waals surface area contributed by atoms with E-state index in [-0.39, 0.29) is 29.2 Å². The standard InChI is InChI=1S/C18H16N2O7S3/c21-15-8-9-16(22)20(15)27-18(23)17(30(24,25)26)13-6-2-1-5-12(13)11-28-29-14-7-3-4-10-19-14/h1-7,10,17H,8-9,11H2,(H,24,25,26). The van der Waals surface area contributed by atoms with Gasteiger partial charge >= 0.3 is 5.97 Å². The Morgan fingerprint density at radius 3 is 2.43 bits per heavy atom. The first-order valence-corrected chi connectivity index (χ1v) is 12.4. The lowest BCUT2D eigenvalue weighted by Gasteiger charge is -2.19. The van der Waals surface area contributed by atoms with Crippen molar-refractivity contribution in [1.29, 1.82) is 0 Å². The predicted octanol–water partition coefficient (Wildman–Crippen LogP) is 2.56. The van der Waals surface area contributed by atoms with Crippen LogP contribution in [0, 0.1) is 0 Å². The molecule has 0 saturated carbocycles. The summed E-state index contributed by atoms with van der Waals surface area (Å²) in [4.78, 5) is 44.8. The maximum atomic E-state index is 12.6. The molecule has 1 atom stereocenters. The second kappa shape index (κ2) is 9.60. The van der Waals surface area contributed by atoms with Gasteiger partial charge in [-0.1, -0.05) is 41.1 Å². The van der Waals surface area contributed by atoms with Crippen LogP contribution in [0.2, 0.25) is 0 Å². The number of benzene rings is 1. The topological polar surface area (TPSA) is 131 Å². The van der Waals surface area contributed by atoms with Crippen LogP contribution in [0.1, 0.15) is 29.2 Å². The average molecular weight is 469 g/mol. The number of hydrogen-bond donors (Lipinski definition) is 1. The zero-order valence-corrected chi connectivity index (χ0v) is 17.8. The molecule has 2 amide bonds. The largest absolute Gasteiger partial charge is 0.358 e. The zero-order chi connectivity index (χ0) is 21.7. The van der Waals surface area contributed by atoms with Gasteiger partial charge in [-0.2, -0.15) is 8.42 Å². The van der Waals surface area contributed by atoms with Gasteiger partial charge in [0.15, 0.2) is 0 Å². The highest BCUT2D eigenvalue weighted by atomic mass is 33.1. The molecule has 1 unspecified atom stereocenters. The molecule has 0 spiro atoms. The molecule has 3 rings (SSSR count). The minimum Gasteiger partial charge on any atom is -0.328 e. The van der Waals surface area contributed by atoms with Gasteiger partial charge < -0.3 is 4.84 Å². The van der Waals surface area contributed by atoms with Crippen molar-refractivity contribution in [3.05, 3.63) is 59.8 Å². The van der Waals surface area contributed by atoms with E-state index in [0.717, 1.165) is 5.03 Å². The fourth-order valence-corrected chi connectivity index (χ4v) is 5.54. The molecule has 0 aliphatic carbocycles. The normalized spacial score (nSPS) is 15.3. The van der Waals surface area contributed by atoms with Crippen LogP contribution in [0.4, 0.5) is 0 Å². The fourth-order valence-electron chi connectivity index (χ4n) is 2.68. The van der Waals surface area contributed by atoms with Crippen LogP contribution in [0.5, 0.6) is 0 Å². The molecule has 1 fully saturated rings. The average Bonchev–Trinajstić information content (AvgIpc) is 3.01. The van der Waals surface area contributed by atoms with Crippen LogP contribution >= 0.6 is 21.6 Å². The zero-order valence-electron chi connectivity index (χ0n) is 15.3. The Hall–Kier alpha value is -2.41. The van der Waals surface area contributed by atoms with Crippen molar-refractivity contribution in [2.75, 3.05) is 0 Å². The molecule has 1 saturated heterocycles. The van der Waals surface area contributed by atoms with Gasteiger partial charge in [-0.15, -0.1) is 5.06 Å². The summed E-state index contributed by atoms with van der Waals surface area (Å²) < 4.78 is 33.7. The number of rotatable bonds is 8. The van der Waals surface area contributed by atoms with Gasteiger partial charge in [0.2, 0.25) is 5.25 Å². The summed E-state index contributed by atoms with van der Waals surface area (Å²) in [6, 6.07) is 11.6. The Bertz CT molecular complexity index is 1040. The number of nitrogens with zero attached hydrogens (tertiary/aromatic N) is 2. The van der Waals surface area contributed by atoms with Crippen LogP contribution < -0.4 is 0 Å². The summed E-state index contributed by atoms with van der Waals surface area (Å²) >= 11 is 0. The first-order valence-electron chi connectivity index (χ1n) is 8.59. The molecule has 9 nitrogen and oxygen atoms in total. The van der Waals surface area contributed by atoms with Gasteiger partial charge in [-0.3, -0.25) is 14.1 Å². The van der Waals surface area contributed by atoms with E-state index in [1.165, 1.54) is 33.7 Å². The third-order valence-electron chi connectivity index (χ3n) is 4.03. The first-order chi connectivity index (χ1) is 14.3.